The summed E-state index contributed by atoms with van der Waals surface area (Å²) in [6.45, 7) is 3.63. The van der Waals surface area contributed by atoms with Crippen molar-refractivity contribution in [3.63, 3.8) is 0 Å². The van der Waals surface area contributed by atoms with E-state index < -0.39 is 0 Å². The third-order valence-corrected chi connectivity index (χ3v) is 2.68. The quantitative estimate of drug-likeness (QED) is 0.726. The fraction of sp³-hybridized carbons (Fsp3) is 0.308. The molecule has 3 N–H and O–H groups in total. The molecule has 6 nitrogen and oxygen atoms in total. The zero-order valence-electron chi connectivity index (χ0n) is 11.1. The molecule has 1 heterocycles. The predicted octanol–water partition coefficient (Wildman–Crippen LogP) is 1.20. The number of amides is 1. The SMILES string of the molecule is CC(C)C(=O)Nc1nc(-c2cccc(O)c2)[n+](C)[nH]1. The highest BCUT2D eigenvalue weighted by molar-refractivity contribution is 5.90. The number of aryl methyl sites for hydroxylation is 1. The lowest BCUT2D eigenvalue weighted by Gasteiger charge is -2.00. The molecule has 6 heteroatoms. The number of hydrogen-bond donors (Lipinski definition) is 3. The van der Waals surface area contributed by atoms with E-state index in [0.717, 1.165) is 5.56 Å². The molecule has 0 aliphatic heterocycles. The van der Waals surface area contributed by atoms with Gasteiger partial charge < -0.3 is 5.11 Å². The largest absolute Gasteiger partial charge is 0.508 e. The number of aromatic hydroxyl groups is 1. The van der Waals surface area contributed by atoms with Gasteiger partial charge in [0.05, 0.1) is 5.56 Å². The Hall–Kier alpha value is -2.37. The number of carbonyl (C=O) groups is 1. The first-order valence-electron chi connectivity index (χ1n) is 6.03. The van der Waals surface area contributed by atoms with Crippen LogP contribution in [0.1, 0.15) is 13.8 Å². The van der Waals surface area contributed by atoms with Crippen LogP contribution in [0.5, 0.6) is 5.75 Å². The highest BCUT2D eigenvalue weighted by Gasteiger charge is 2.21. The van der Waals surface area contributed by atoms with Crippen LogP contribution >= 0.6 is 0 Å². The summed E-state index contributed by atoms with van der Waals surface area (Å²) >= 11 is 0. The highest BCUT2D eigenvalue weighted by atomic mass is 16.3. The van der Waals surface area contributed by atoms with E-state index in [4.69, 9.17) is 0 Å². The Balaban J connectivity index is 2.29. The van der Waals surface area contributed by atoms with Crippen LogP contribution in [0.15, 0.2) is 24.3 Å². The van der Waals surface area contributed by atoms with Crippen LogP contribution in [0.4, 0.5) is 5.95 Å². The number of anilines is 1. The van der Waals surface area contributed by atoms with Gasteiger partial charge >= 0.3 is 11.8 Å². The number of benzene rings is 1. The number of phenolic OH excluding ortho intramolecular Hbond substituents is 1. The molecule has 1 aromatic carbocycles. The molecule has 0 aliphatic rings. The lowest BCUT2D eigenvalue weighted by atomic mass is 10.2. The number of phenols is 1. The Labute approximate surface area is 111 Å². The minimum Gasteiger partial charge on any atom is -0.508 e. The molecule has 19 heavy (non-hydrogen) atoms. The number of carbonyl (C=O) groups excluding carboxylic acids is 1. The van der Waals surface area contributed by atoms with E-state index in [1.165, 1.54) is 0 Å². The number of rotatable bonds is 3. The number of aromatic nitrogens is 3. The number of hydrogen-bond acceptors (Lipinski definition) is 3. The molecule has 2 rings (SSSR count). The molecule has 100 valence electrons. The summed E-state index contributed by atoms with van der Waals surface area (Å²) in [4.78, 5) is 15.9. The maximum Gasteiger partial charge on any atom is 0.354 e. The number of H-pyrrole nitrogens is 1. The van der Waals surface area contributed by atoms with E-state index >= 15 is 0 Å². The van der Waals surface area contributed by atoms with Gasteiger partial charge in [-0.1, -0.05) is 19.9 Å². The van der Waals surface area contributed by atoms with Crippen molar-refractivity contribution >= 4 is 11.9 Å². The summed E-state index contributed by atoms with van der Waals surface area (Å²) < 4.78 is 1.69. The molecule has 0 radical (unpaired) electrons. The average Bonchev–Trinajstić information content (AvgIpc) is 2.70. The standard InChI is InChI=1S/C13H16N4O2/c1-8(2)12(19)15-13-14-11(17(3)16-13)9-5-4-6-10(18)7-9/h4-8H,1-3H3,(H2,15,16,18,19)/p+1. The number of aromatic amines is 1. The lowest BCUT2D eigenvalue weighted by molar-refractivity contribution is -0.716. The van der Waals surface area contributed by atoms with E-state index in [1.54, 1.807) is 29.9 Å². The van der Waals surface area contributed by atoms with Crippen molar-refractivity contribution in [2.45, 2.75) is 13.8 Å². The van der Waals surface area contributed by atoms with E-state index in [0.29, 0.717) is 11.8 Å². The van der Waals surface area contributed by atoms with Crippen LogP contribution in [0, 0.1) is 5.92 Å². The summed E-state index contributed by atoms with van der Waals surface area (Å²) in [5, 5.41) is 15.1. The van der Waals surface area contributed by atoms with Crippen LogP contribution in [0.25, 0.3) is 11.4 Å². The Kier molecular flexibility index (Phi) is 3.50. The van der Waals surface area contributed by atoms with Gasteiger partial charge in [-0.05, 0) is 18.2 Å². The molecule has 2 aromatic rings. The van der Waals surface area contributed by atoms with Crippen LogP contribution in [-0.2, 0) is 11.8 Å². The van der Waals surface area contributed by atoms with Gasteiger partial charge in [0.1, 0.15) is 12.8 Å². The molecule has 0 unspecified atom stereocenters. The summed E-state index contributed by atoms with van der Waals surface area (Å²) in [7, 11) is 1.79. The smallest absolute Gasteiger partial charge is 0.354 e. The number of nitrogens with zero attached hydrogens (tertiary/aromatic N) is 2. The van der Waals surface area contributed by atoms with Gasteiger partial charge in [0, 0.05) is 10.9 Å². The minimum atomic E-state index is -0.111. The van der Waals surface area contributed by atoms with Gasteiger partial charge in [-0.25, -0.2) is 0 Å². The Bertz CT molecular complexity index is 604. The fourth-order valence-corrected chi connectivity index (χ4v) is 1.64. The van der Waals surface area contributed by atoms with E-state index in [-0.39, 0.29) is 17.6 Å². The molecular weight excluding hydrogens is 244 g/mol. The molecule has 0 atom stereocenters. The lowest BCUT2D eigenvalue weighted by Crippen LogP contribution is -2.32. The first-order chi connectivity index (χ1) is 8.97. The fourth-order valence-electron chi connectivity index (χ4n) is 1.64. The second-order valence-electron chi connectivity index (χ2n) is 4.65. The van der Waals surface area contributed by atoms with Crippen LogP contribution in [-0.4, -0.2) is 21.1 Å². The second kappa shape index (κ2) is 5.09. The topological polar surface area (TPSA) is 81.9 Å². The van der Waals surface area contributed by atoms with Crippen molar-refractivity contribution in [2.24, 2.45) is 13.0 Å². The Morgan fingerprint density at radius 1 is 1.47 bits per heavy atom. The van der Waals surface area contributed by atoms with Gasteiger partial charge in [-0.15, -0.1) is 0 Å². The summed E-state index contributed by atoms with van der Waals surface area (Å²) in [5.74, 6) is 0.985. The van der Waals surface area contributed by atoms with Gasteiger partial charge in [0.2, 0.25) is 5.91 Å². The number of nitrogens with one attached hydrogen (secondary N) is 2. The zero-order valence-corrected chi connectivity index (χ0v) is 11.1. The molecule has 0 aliphatic carbocycles. The normalized spacial score (nSPS) is 10.7. The second-order valence-corrected chi connectivity index (χ2v) is 4.65. The van der Waals surface area contributed by atoms with Crippen molar-refractivity contribution in [1.29, 1.82) is 0 Å². The maximum absolute atomic E-state index is 11.6. The van der Waals surface area contributed by atoms with Crippen molar-refractivity contribution in [2.75, 3.05) is 5.32 Å². The summed E-state index contributed by atoms with van der Waals surface area (Å²) in [5.41, 5.74) is 0.767. The molecule has 0 bridgehead atoms. The molecule has 0 saturated carbocycles. The van der Waals surface area contributed by atoms with Crippen LogP contribution in [0.2, 0.25) is 0 Å². The van der Waals surface area contributed by atoms with Gasteiger partial charge in [-0.3, -0.25) is 10.1 Å². The van der Waals surface area contributed by atoms with Gasteiger partial charge in [-0.2, -0.15) is 9.78 Å². The van der Waals surface area contributed by atoms with E-state index in [1.807, 2.05) is 19.9 Å². The van der Waals surface area contributed by atoms with Crippen molar-refractivity contribution < 1.29 is 14.6 Å². The summed E-state index contributed by atoms with van der Waals surface area (Å²) in [6, 6.07) is 6.79. The van der Waals surface area contributed by atoms with Gasteiger partial charge in [0.15, 0.2) is 0 Å². The maximum atomic E-state index is 11.6. The highest BCUT2D eigenvalue weighted by Crippen LogP contribution is 2.19. The van der Waals surface area contributed by atoms with Crippen molar-refractivity contribution in [3.05, 3.63) is 24.3 Å². The van der Waals surface area contributed by atoms with Crippen molar-refractivity contribution in [3.8, 4) is 17.1 Å². The Morgan fingerprint density at radius 2 is 2.21 bits per heavy atom. The van der Waals surface area contributed by atoms with Gasteiger partial charge in [0.25, 0.3) is 0 Å². The van der Waals surface area contributed by atoms with E-state index in [9.17, 15) is 9.90 Å². The molecule has 1 amide bonds. The third-order valence-electron chi connectivity index (χ3n) is 2.68. The van der Waals surface area contributed by atoms with Crippen molar-refractivity contribution in [1.82, 2.24) is 10.1 Å². The minimum absolute atomic E-state index is 0.100. The molecule has 0 saturated heterocycles. The summed E-state index contributed by atoms with van der Waals surface area (Å²) in [6.07, 6.45) is 0. The first kappa shape index (κ1) is 13.1. The predicted molar refractivity (Wildman–Crippen MR) is 70.3 cm³/mol. The molecule has 0 fully saturated rings. The Morgan fingerprint density at radius 3 is 2.84 bits per heavy atom. The van der Waals surface area contributed by atoms with Crippen LogP contribution in [0.3, 0.4) is 0 Å². The molecule has 1 aromatic heterocycles. The van der Waals surface area contributed by atoms with E-state index in [2.05, 4.69) is 15.4 Å². The average molecular weight is 261 g/mol. The molecule has 0 spiro atoms. The molecular formula is C13H17N4O2+. The zero-order chi connectivity index (χ0) is 14.0. The van der Waals surface area contributed by atoms with Crippen LogP contribution < -0.4 is 10.00 Å². The third kappa shape index (κ3) is 2.90. The monoisotopic (exact) mass is 261 g/mol. The first-order valence-corrected chi connectivity index (χ1v) is 6.03.